The second-order valence-corrected chi connectivity index (χ2v) is 6.22. The molecule has 0 radical (unpaired) electrons. The molecule has 27 heavy (non-hydrogen) atoms. The van der Waals surface area contributed by atoms with Gasteiger partial charge in [0.1, 0.15) is 16.5 Å². The summed E-state index contributed by atoms with van der Waals surface area (Å²) < 4.78 is 52.1. The Labute approximate surface area is 160 Å². The lowest BCUT2D eigenvalue weighted by atomic mass is 10.2. The minimum atomic E-state index is -4.70. The zero-order valence-corrected chi connectivity index (χ0v) is 14.6. The van der Waals surface area contributed by atoms with Crippen molar-refractivity contribution in [3.63, 3.8) is 0 Å². The normalized spacial score (nSPS) is 15.0. The molecule has 3 rings (SSSR count). The van der Waals surface area contributed by atoms with Gasteiger partial charge in [0.2, 0.25) is 0 Å². The largest absolute Gasteiger partial charge is 0.416 e. The second-order valence-electron chi connectivity index (χ2n) is 5.43. The van der Waals surface area contributed by atoms with Gasteiger partial charge in [-0.05, 0) is 36.4 Å². The molecule has 2 amide bonds. The van der Waals surface area contributed by atoms with E-state index in [9.17, 15) is 27.2 Å². The fourth-order valence-electron chi connectivity index (χ4n) is 2.40. The maximum absolute atomic E-state index is 13.3. The van der Waals surface area contributed by atoms with Crippen molar-refractivity contribution in [2.45, 2.75) is 6.18 Å². The van der Waals surface area contributed by atoms with E-state index in [-0.39, 0.29) is 10.7 Å². The molecule has 1 aliphatic heterocycles. The van der Waals surface area contributed by atoms with Gasteiger partial charge in [-0.25, -0.2) is 9.29 Å². The van der Waals surface area contributed by atoms with E-state index in [1.54, 1.807) is 0 Å². The maximum Gasteiger partial charge on any atom is 0.416 e. The molecule has 2 aromatic rings. The number of rotatable bonds is 3. The Morgan fingerprint density at radius 2 is 1.67 bits per heavy atom. The summed E-state index contributed by atoms with van der Waals surface area (Å²) in [5, 5.41) is 1.70. The maximum atomic E-state index is 13.3. The van der Waals surface area contributed by atoms with Crippen LogP contribution in [0.4, 0.5) is 28.9 Å². The number of amides is 2. The van der Waals surface area contributed by atoms with E-state index in [4.69, 9.17) is 23.2 Å². The van der Waals surface area contributed by atoms with Gasteiger partial charge in [0, 0.05) is 5.69 Å². The molecular weight excluding hydrogens is 411 g/mol. The van der Waals surface area contributed by atoms with Gasteiger partial charge in [0.15, 0.2) is 0 Å². The highest BCUT2D eigenvalue weighted by Gasteiger charge is 2.41. The highest BCUT2D eigenvalue weighted by atomic mass is 35.5. The second kappa shape index (κ2) is 6.86. The fraction of sp³-hybridized carbons (Fsp3) is 0.0588. The van der Waals surface area contributed by atoms with Crippen molar-refractivity contribution in [3.05, 3.63) is 69.6 Å². The molecule has 0 spiro atoms. The van der Waals surface area contributed by atoms with Crippen LogP contribution in [0.3, 0.4) is 0 Å². The van der Waals surface area contributed by atoms with E-state index >= 15 is 0 Å². The summed E-state index contributed by atoms with van der Waals surface area (Å²) in [6.45, 7) is 0. The number of hydrogen-bond donors (Lipinski definition) is 1. The fourth-order valence-corrected chi connectivity index (χ4v) is 2.82. The summed E-state index contributed by atoms with van der Waals surface area (Å²) in [5.41, 5.74) is -1.83. The third kappa shape index (κ3) is 3.63. The standard InChI is InChI=1S/C17H8Cl2F4N2O2/c18-11-5-4-8(17(21,22)23)6-12(11)25-15(26)13(19)14(16(25)27)24-10-3-1-2-9(20)7-10/h1-7,24H. The van der Waals surface area contributed by atoms with E-state index in [1.807, 2.05) is 0 Å². The third-order valence-corrected chi connectivity index (χ3v) is 4.31. The van der Waals surface area contributed by atoms with Crippen LogP contribution in [0.1, 0.15) is 5.56 Å². The molecule has 1 N–H and O–H groups in total. The smallest absolute Gasteiger partial charge is 0.350 e. The summed E-state index contributed by atoms with van der Waals surface area (Å²) in [5.74, 6) is -2.68. The summed E-state index contributed by atoms with van der Waals surface area (Å²) in [6, 6.07) is 7.20. The minimum Gasteiger partial charge on any atom is -0.350 e. The number of imide groups is 1. The molecule has 140 valence electrons. The van der Waals surface area contributed by atoms with Crippen LogP contribution < -0.4 is 10.2 Å². The lowest BCUT2D eigenvalue weighted by Crippen LogP contribution is -2.32. The van der Waals surface area contributed by atoms with Gasteiger partial charge in [-0.2, -0.15) is 13.2 Å². The number of anilines is 2. The van der Waals surface area contributed by atoms with Gasteiger partial charge in [-0.3, -0.25) is 9.59 Å². The van der Waals surface area contributed by atoms with Gasteiger partial charge in [-0.15, -0.1) is 0 Å². The lowest BCUT2D eigenvalue weighted by Gasteiger charge is -2.18. The molecule has 0 fully saturated rings. The van der Waals surface area contributed by atoms with Gasteiger partial charge >= 0.3 is 6.18 Å². The topological polar surface area (TPSA) is 49.4 Å². The Balaban J connectivity index is 1.99. The Morgan fingerprint density at radius 1 is 0.963 bits per heavy atom. The minimum absolute atomic E-state index is 0.126. The summed E-state index contributed by atoms with van der Waals surface area (Å²) in [4.78, 5) is 25.4. The third-order valence-electron chi connectivity index (χ3n) is 3.64. The van der Waals surface area contributed by atoms with Crippen LogP contribution in [0, 0.1) is 5.82 Å². The van der Waals surface area contributed by atoms with Crippen molar-refractivity contribution < 1.29 is 27.2 Å². The summed E-state index contributed by atoms with van der Waals surface area (Å²) in [7, 11) is 0. The number of hydrogen-bond acceptors (Lipinski definition) is 3. The van der Waals surface area contributed by atoms with Crippen molar-refractivity contribution in [1.82, 2.24) is 0 Å². The molecule has 1 heterocycles. The number of carbonyl (C=O) groups is 2. The van der Waals surface area contributed by atoms with Crippen LogP contribution in [-0.2, 0) is 15.8 Å². The molecule has 0 saturated heterocycles. The average Bonchev–Trinajstić information content (AvgIpc) is 2.78. The average molecular weight is 419 g/mol. The molecule has 0 atom stereocenters. The first-order valence-corrected chi connectivity index (χ1v) is 8.03. The van der Waals surface area contributed by atoms with Gasteiger partial charge in [0.25, 0.3) is 11.8 Å². The predicted octanol–water partition coefficient (Wildman–Crippen LogP) is 4.93. The van der Waals surface area contributed by atoms with Gasteiger partial charge < -0.3 is 5.32 Å². The van der Waals surface area contributed by atoms with Crippen molar-refractivity contribution in [2.75, 3.05) is 10.2 Å². The van der Waals surface area contributed by atoms with Crippen LogP contribution in [0.2, 0.25) is 5.02 Å². The van der Waals surface area contributed by atoms with Crippen molar-refractivity contribution in [1.29, 1.82) is 0 Å². The Morgan fingerprint density at radius 3 is 2.30 bits per heavy atom. The molecule has 0 unspecified atom stereocenters. The van der Waals surface area contributed by atoms with E-state index in [0.29, 0.717) is 11.0 Å². The zero-order valence-electron chi connectivity index (χ0n) is 13.1. The van der Waals surface area contributed by atoms with Crippen LogP contribution in [0.15, 0.2) is 53.2 Å². The molecule has 2 aromatic carbocycles. The number of nitrogens with zero attached hydrogens (tertiary/aromatic N) is 1. The van der Waals surface area contributed by atoms with Crippen LogP contribution >= 0.6 is 23.2 Å². The molecule has 0 saturated carbocycles. The van der Waals surface area contributed by atoms with Crippen molar-refractivity contribution >= 4 is 46.4 Å². The van der Waals surface area contributed by atoms with Crippen LogP contribution in [0.5, 0.6) is 0 Å². The molecule has 10 heteroatoms. The monoisotopic (exact) mass is 418 g/mol. The first-order valence-electron chi connectivity index (χ1n) is 7.27. The van der Waals surface area contributed by atoms with Crippen molar-refractivity contribution in [2.24, 2.45) is 0 Å². The molecular formula is C17H8Cl2F4N2O2. The zero-order chi connectivity index (χ0) is 19.9. The molecule has 1 aliphatic rings. The predicted molar refractivity (Wildman–Crippen MR) is 91.8 cm³/mol. The number of benzene rings is 2. The van der Waals surface area contributed by atoms with Crippen LogP contribution in [0.25, 0.3) is 0 Å². The van der Waals surface area contributed by atoms with Crippen LogP contribution in [-0.4, -0.2) is 11.8 Å². The Hall–Kier alpha value is -2.58. The Kier molecular flexibility index (Phi) is 4.88. The van der Waals surface area contributed by atoms with Gasteiger partial charge in [0.05, 0.1) is 16.3 Å². The summed E-state index contributed by atoms with van der Waals surface area (Å²) >= 11 is 11.8. The Bertz CT molecular complexity index is 989. The first-order chi connectivity index (χ1) is 12.6. The number of alkyl halides is 3. The van der Waals surface area contributed by atoms with E-state index < -0.39 is 45.8 Å². The van der Waals surface area contributed by atoms with Gasteiger partial charge in [-0.1, -0.05) is 29.3 Å². The van der Waals surface area contributed by atoms with E-state index in [0.717, 1.165) is 24.3 Å². The quantitative estimate of drug-likeness (QED) is 0.567. The van der Waals surface area contributed by atoms with Crippen molar-refractivity contribution in [3.8, 4) is 0 Å². The molecule has 0 aliphatic carbocycles. The van der Waals surface area contributed by atoms with E-state index in [1.165, 1.54) is 12.1 Å². The number of nitrogens with one attached hydrogen (secondary N) is 1. The highest BCUT2D eigenvalue weighted by molar-refractivity contribution is 6.53. The molecule has 4 nitrogen and oxygen atoms in total. The lowest BCUT2D eigenvalue weighted by molar-refractivity contribution is -0.137. The molecule has 0 aromatic heterocycles. The van der Waals surface area contributed by atoms with E-state index in [2.05, 4.69) is 5.32 Å². The number of carbonyl (C=O) groups excluding carboxylic acids is 2. The highest BCUT2D eigenvalue weighted by Crippen LogP contribution is 2.38. The molecule has 0 bridgehead atoms. The number of halogens is 6. The first kappa shape index (κ1) is 19.2. The SMILES string of the molecule is O=C1C(Cl)=C(Nc2cccc(F)c2)C(=O)N1c1cc(C(F)(F)F)ccc1Cl. The summed E-state index contributed by atoms with van der Waals surface area (Å²) in [6.07, 6.45) is -4.70.